The summed E-state index contributed by atoms with van der Waals surface area (Å²) >= 11 is 5.64. The largest absolute Gasteiger partial charge is 0.466 e. The molecular weight excluding hydrogens is 419 g/mol. The molecule has 0 spiro atoms. The topological polar surface area (TPSA) is 157 Å². The third kappa shape index (κ3) is 5.76. The first-order chi connectivity index (χ1) is 13.2. The SMILES string of the molecule is CCOC(=O)CP(=O)(O)O[C@H]1C[C@H](n2cc(CCCl)c(=O)[nH]c2=O)O[C@@H]1CO. The average molecular weight is 441 g/mol. The third-order valence-corrected chi connectivity index (χ3v) is 5.46. The Labute approximate surface area is 164 Å². The second kappa shape index (κ2) is 9.82. The molecule has 13 heteroatoms. The van der Waals surface area contributed by atoms with Crippen molar-refractivity contribution < 1.29 is 33.4 Å². The van der Waals surface area contributed by atoms with Crippen LogP contribution in [0.3, 0.4) is 0 Å². The van der Waals surface area contributed by atoms with Crippen LogP contribution in [0, 0.1) is 0 Å². The fourth-order valence-corrected chi connectivity index (χ4v) is 4.13. The predicted molar refractivity (Wildman–Crippen MR) is 97.6 cm³/mol. The van der Waals surface area contributed by atoms with Gasteiger partial charge in [-0.25, -0.2) is 4.79 Å². The maximum absolute atomic E-state index is 12.2. The summed E-state index contributed by atoms with van der Waals surface area (Å²) in [6.07, 6.45) is -2.42. The van der Waals surface area contributed by atoms with Gasteiger partial charge in [0.05, 0.1) is 19.3 Å². The van der Waals surface area contributed by atoms with Crippen LogP contribution in [0.15, 0.2) is 15.8 Å². The lowest BCUT2D eigenvalue weighted by Gasteiger charge is -2.19. The summed E-state index contributed by atoms with van der Waals surface area (Å²) in [5.41, 5.74) is -1.05. The number of rotatable bonds is 9. The van der Waals surface area contributed by atoms with Gasteiger partial charge in [0.15, 0.2) is 0 Å². The fourth-order valence-electron chi connectivity index (χ4n) is 2.79. The fraction of sp³-hybridized carbons (Fsp3) is 0.667. The van der Waals surface area contributed by atoms with Gasteiger partial charge in [0.25, 0.3) is 5.56 Å². The highest BCUT2D eigenvalue weighted by molar-refractivity contribution is 7.53. The molecule has 1 aromatic heterocycles. The normalized spacial score (nSPS) is 24.1. The minimum atomic E-state index is -4.36. The van der Waals surface area contributed by atoms with E-state index in [1.165, 1.54) is 6.20 Å². The van der Waals surface area contributed by atoms with Gasteiger partial charge >= 0.3 is 19.3 Å². The van der Waals surface area contributed by atoms with Gasteiger partial charge in [0.2, 0.25) is 0 Å². The monoisotopic (exact) mass is 440 g/mol. The Bertz CT molecular complexity index is 855. The number of aromatic nitrogens is 2. The smallest absolute Gasteiger partial charge is 0.339 e. The highest BCUT2D eigenvalue weighted by atomic mass is 35.5. The molecule has 1 aromatic rings. The van der Waals surface area contributed by atoms with E-state index in [2.05, 4.69) is 9.72 Å². The first-order valence-electron chi connectivity index (χ1n) is 8.53. The van der Waals surface area contributed by atoms with Crippen molar-refractivity contribution >= 4 is 25.2 Å². The summed E-state index contributed by atoms with van der Waals surface area (Å²) < 4.78 is 28.6. The molecule has 1 aliphatic heterocycles. The Hall–Kier alpha value is -1.49. The van der Waals surface area contributed by atoms with Gasteiger partial charge in [0.1, 0.15) is 18.5 Å². The van der Waals surface area contributed by atoms with Gasteiger partial charge in [0, 0.05) is 24.1 Å². The van der Waals surface area contributed by atoms with Crippen molar-refractivity contribution in [3.05, 3.63) is 32.6 Å². The zero-order valence-corrected chi connectivity index (χ0v) is 16.7. The Morgan fingerprint density at radius 2 is 2.21 bits per heavy atom. The molecule has 0 radical (unpaired) electrons. The maximum Gasteiger partial charge on any atom is 0.339 e. The molecule has 11 nitrogen and oxygen atoms in total. The van der Waals surface area contributed by atoms with Gasteiger partial charge in [-0.05, 0) is 13.3 Å². The van der Waals surface area contributed by atoms with E-state index in [9.17, 15) is 28.9 Å². The number of esters is 1. The lowest BCUT2D eigenvalue weighted by molar-refractivity contribution is -0.140. The molecule has 1 fully saturated rings. The number of ether oxygens (including phenoxy) is 2. The van der Waals surface area contributed by atoms with Gasteiger partial charge < -0.3 is 24.0 Å². The summed E-state index contributed by atoms with van der Waals surface area (Å²) in [6, 6.07) is 0. The highest BCUT2D eigenvalue weighted by Crippen LogP contribution is 2.47. The minimum Gasteiger partial charge on any atom is -0.466 e. The van der Waals surface area contributed by atoms with Crippen molar-refractivity contribution in [1.82, 2.24) is 9.55 Å². The molecule has 3 N–H and O–H groups in total. The number of hydrogen-bond acceptors (Lipinski definition) is 8. The van der Waals surface area contributed by atoms with Crippen molar-refractivity contribution in [2.24, 2.45) is 0 Å². The second-order valence-electron chi connectivity index (χ2n) is 6.05. The van der Waals surface area contributed by atoms with Gasteiger partial charge in [-0.15, -0.1) is 11.6 Å². The van der Waals surface area contributed by atoms with Crippen LogP contribution in [0.2, 0.25) is 0 Å². The molecule has 1 saturated heterocycles. The number of nitrogens with one attached hydrogen (secondary N) is 1. The molecule has 0 aliphatic carbocycles. The van der Waals surface area contributed by atoms with E-state index >= 15 is 0 Å². The number of aliphatic hydroxyl groups is 1. The number of aliphatic hydroxyl groups excluding tert-OH is 1. The predicted octanol–water partition coefficient (Wildman–Crippen LogP) is -0.269. The summed E-state index contributed by atoms with van der Waals surface area (Å²) in [4.78, 5) is 47.4. The van der Waals surface area contributed by atoms with Crippen molar-refractivity contribution in [2.75, 3.05) is 25.3 Å². The lowest BCUT2D eigenvalue weighted by atomic mass is 10.2. The van der Waals surface area contributed by atoms with Crippen LogP contribution in [0.1, 0.15) is 25.1 Å². The van der Waals surface area contributed by atoms with Crippen LogP contribution in [-0.2, 0) is 29.8 Å². The molecule has 0 amide bonds. The second-order valence-corrected chi connectivity index (χ2v) is 8.23. The Balaban J connectivity index is 2.18. The Kier molecular flexibility index (Phi) is 7.99. The quantitative estimate of drug-likeness (QED) is 0.267. The number of H-pyrrole nitrogens is 1. The van der Waals surface area contributed by atoms with E-state index in [0.717, 1.165) is 4.57 Å². The van der Waals surface area contributed by atoms with Crippen LogP contribution >= 0.6 is 19.2 Å². The van der Waals surface area contributed by atoms with Crippen LogP contribution in [0.4, 0.5) is 0 Å². The molecule has 1 unspecified atom stereocenters. The van der Waals surface area contributed by atoms with E-state index in [0.29, 0.717) is 0 Å². The van der Waals surface area contributed by atoms with Crippen molar-refractivity contribution in [3.8, 4) is 0 Å². The average Bonchev–Trinajstić information content (AvgIpc) is 2.98. The highest BCUT2D eigenvalue weighted by Gasteiger charge is 2.41. The maximum atomic E-state index is 12.2. The molecule has 0 saturated carbocycles. The van der Waals surface area contributed by atoms with E-state index in [1.807, 2.05) is 0 Å². The zero-order valence-electron chi connectivity index (χ0n) is 15.1. The van der Waals surface area contributed by atoms with Crippen LogP contribution < -0.4 is 11.2 Å². The number of hydrogen-bond donors (Lipinski definition) is 3. The van der Waals surface area contributed by atoms with Gasteiger partial charge in [-0.3, -0.25) is 23.7 Å². The Morgan fingerprint density at radius 3 is 2.82 bits per heavy atom. The van der Waals surface area contributed by atoms with E-state index in [1.54, 1.807) is 6.92 Å². The molecule has 0 bridgehead atoms. The zero-order chi connectivity index (χ0) is 20.9. The number of alkyl halides is 1. The number of nitrogens with zero attached hydrogens (tertiary/aromatic N) is 1. The van der Waals surface area contributed by atoms with Crippen molar-refractivity contribution in [3.63, 3.8) is 0 Å². The van der Waals surface area contributed by atoms with E-state index in [-0.39, 0.29) is 30.9 Å². The lowest BCUT2D eigenvalue weighted by Crippen LogP contribution is -2.34. The number of aromatic amines is 1. The van der Waals surface area contributed by atoms with Gasteiger partial charge in [-0.2, -0.15) is 0 Å². The summed E-state index contributed by atoms with van der Waals surface area (Å²) in [7, 11) is -4.36. The first kappa shape index (κ1) is 22.8. The third-order valence-electron chi connectivity index (χ3n) is 4.01. The molecule has 158 valence electrons. The number of carbonyl (C=O) groups excluding carboxylic acids is 1. The summed E-state index contributed by atoms with van der Waals surface area (Å²) in [5.74, 6) is -0.730. The van der Waals surface area contributed by atoms with Crippen LogP contribution in [0.25, 0.3) is 0 Å². The number of carbonyl (C=O) groups is 1. The van der Waals surface area contributed by atoms with E-state index in [4.69, 9.17) is 20.9 Å². The molecule has 28 heavy (non-hydrogen) atoms. The molecule has 2 heterocycles. The van der Waals surface area contributed by atoms with Crippen molar-refractivity contribution in [1.29, 1.82) is 0 Å². The van der Waals surface area contributed by atoms with Crippen LogP contribution in [-0.4, -0.2) is 63.0 Å². The number of halogens is 1. The first-order valence-corrected chi connectivity index (χ1v) is 10.8. The summed E-state index contributed by atoms with van der Waals surface area (Å²) in [5, 5.41) is 9.49. The Morgan fingerprint density at radius 1 is 1.50 bits per heavy atom. The molecule has 2 rings (SSSR count). The van der Waals surface area contributed by atoms with E-state index < -0.39 is 56.0 Å². The van der Waals surface area contributed by atoms with Gasteiger partial charge in [-0.1, -0.05) is 0 Å². The van der Waals surface area contributed by atoms with Crippen molar-refractivity contribution in [2.45, 2.75) is 38.2 Å². The molecule has 1 aliphatic rings. The number of aryl methyl sites for hydroxylation is 1. The standard InChI is InChI=1S/C15H22ClN2O9P/c1-2-25-13(20)8-28(23,24)27-10-5-12(26-11(10)7-19)18-6-9(3-4-16)14(21)17-15(18)22/h6,10-12,19H,2-5,7-8H2,1H3,(H,23,24)(H,17,21,22)/t10-,11+,12+/m0/s1. The molecule has 4 atom stereocenters. The molecular formula is C15H22ClN2O9P. The molecule has 0 aromatic carbocycles. The van der Waals surface area contributed by atoms with Crippen LogP contribution in [0.5, 0.6) is 0 Å². The minimum absolute atomic E-state index is 0.0481. The summed E-state index contributed by atoms with van der Waals surface area (Å²) in [6.45, 7) is 1.05.